The Bertz CT molecular complexity index is 533. The fourth-order valence-corrected chi connectivity index (χ4v) is 1.63. The van der Waals surface area contributed by atoms with Crippen LogP contribution in [-0.2, 0) is 6.18 Å². The van der Waals surface area contributed by atoms with E-state index >= 15 is 0 Å². The van der Waals surface area contributed by atoms with E-state index in [9.17, 15) is 13.2 Å². The molecule has 1 aromatic rings. The van der Waals surface area contributed by atoms with Gasteiger partial charge in [-0.25, -0.2) is 0 Å². The summed E-state index contributed by atoms with van der Waals surface area (Å²) in [7, 11) is 0. The smallest absolute Gasteiger partial charge is 0.257 e. The molecular formula is C15H16F3N. The monoisotopic (exact) mass is 267 g/mol. The Morgan fingerprint density at radius 2 is 1.89 bits per heavy atom. The molecule has 1 nitrogen and oxygen atoms in total. The molecule has 1 aromatic carbocycles. The van der Waals surface area contributed by atoms with E-state index in [1.165, 1.54) is 12.3 Å². The number of rotatable bonds is 3. The van der Waals surface area contributed by atoms with Gasteiger partial charge in [-0.15, -0.1) is 0 Å². The van der Waals surface area contributed by atoms with Crippen LogP contribution in [0.1, 0.15) is 30.5 Å². The van der Waals surface area contributed by atoms with Crippen LogP contribution in [0.15, 0.2) is 47.6 Å². The highest BCUT2D eigenvalue weighted by Crippen LogP contribution is 2.30. The number of aryl methyl sites for hydroxylation is 1. The molecule has 0 atom stereocenters. The predicted octanol–water partition coefficient (Wildman–Crippen LogP) is 4.91. The van der Waals surface area contributed by atoms with Crippen molar-refractivity contribution >= 4 is 5.71 Å². The van der Waals surface area contributed by atoms with Crippen LogP contribution in [0.3, 0.4) is 0 Å². The van der Waals surface area contributed by atoms with Crippen molar-refractivity contribution in [1.29, 1.82) is 0 Å². The van der Waals surface area contributed by atoms with Crippen molar-refractivity contribution in [2.45, 2.75) is 26.9 Å². The van der Waals surface area contributed by atoms with Gasteiger partial charge in [-0.1, -0.05) is 18.2 Å². The summed E-state index contributed by atoms with van der Waals surface area (Å²) >= 11 is 0. The van der Waals surface area contributed by atoms with Gasteiger partial charge < -0.3 is 0 Å². The van der Waals surface area contributed by atoms with Crippen LogP contribution in [-0.4, -0.2) is 5.71 Å². The predicted molar refractivity (Wildman–Crippen MR) is 72.3 cm³/mol. The van der Waals surface area contributed by atoms with E-state index in [0.717, 1.165) is 23.3 Å². The zero-order valence-corrected chi connectivity index (χ0v) is 11.2. The van der Waals surface area contributed by atoms with Crippen LogP contribution < -0.4 is 0 Å². The molecule has 0 aliphatic rings. The minimum atomic E-state index is -4.35. The number of nitrogens with zero attached hydrogens (tertiary/aromatic N) is 1. The summed E-state index contributed by atoms with van der Waals surface area (Å²) in [5.74, 6) is 0. The maximum Gasteiger partial charge on any atom is 0.416 e. The van der Waals surface area contributed by atoms with Gasteiger partial charge in [-0.05, 0) is 44.5 Å². The maximum atomic E-state index is 12.7. The summed E-state index contributed by atoms with van der Waals surface area (Å²) in [5, 5.41) is 0. The van der Waals surface area contributed by atoms with E-state index in [4.69, 9.17) is 0 Å². The molecule has 0 unspecified atom stereocenters. The molecule has 0 N–H and O–H groups in total. The Balaban J connectivity index is 3.43. The first-order valence-corrected chi connectivity index (χ1v) is 5.77. The third-order valence-corrected chi connectivity index (χ3v) is 2.50. The Labute approximate surface area is 111 Å². The Morgan fingerprint density at radius 1 is 1.26 bits per heavy atom. The average molecular weight is 267 g/mol. The lowest BCUT2D eigenvalue weighted by molar-refractivity contribution is -0.137. The first-order valence-electron chi connectivity index (χ1n) is 5.77. The fourth-order valence-electron chi connectivity index (χ4n) is 1.63. The van der Waals surface area contributed by atoms with Crippen molar-refractivity contribution in [3.05, 3.63) is 59.3 Å². The topological polar surface area (TPSA) is 12.4 Å². The van der Waals surface area contributed by atoms with Crippen molar-refractivity contribution in [2.75, 3.05) is 0 Å². The molecular weight excluding hydrogens is 251 g/mol. The van der Waals surface area contributed by atoms with E-state index in [0.29, 0.717) is 11.3 Å². The summed E-state index contributed by atoms with van der Waals surface area (Å²) < 4.78 is 38.2. The lowest BCUT2D eigenvalue weighted by atomic mass is 9.99. The molecule has 0 saturated carbocycles. The normalized spacial score (nSPS) is 12.2. The first kappa shape index (κ1) is 15.2. The zero-order chi connectivity index (χ0) is 14.6. The van der Waals surface area contributed by atoms with Crippen LogP contribution >= 0.6 is 0 Å². The molecule has 0 heterocycles. The largest absolute Gasteiger partial charge is 0.416 e. The highest BCUT2D eigenvalue weighted by atomic mass is 19.4. The van der Waals surface area contributed by atoms with Gasteiger partial charge in [-0.3, -0.25) is 4.99 Å². The number of halogens is 3. The number of hydrogen-bond acceptors (Lipinski definition) is 1. The summed E-state index contributed by atoms with van der Waals surface area (Å²) in [6, 6.07) is 3.65. The number of allylic oxidation sites excluding steroid dienone is 2. The third-order valence-electron chi connectivity index (χ3n) is 2.50. The van der Waals surface area contributed by atoms with E-state index < -0.39 is 11.7 Å². The van der Waals surface area contributed by atoms with Crippen molar-refractivity contribution in [2.24, 2.45) is 4.99 Å². The van der Waals surface area contributed by atoms with Gasteiger partial charge in [0.1, 0.15) is 0 Å². The summed E-state index contributed by atoms with van der Waals surface area (Å²) in [4.78, 5) is 4.06. The Morgan fingerprint density at radius 3 is 2.37 bits per heavy atom. The highest BCUT2D eigenvalue weighted by molar-refractivity contribution is 6.10. The Hall–Kier alpha value is -1.84. The second-order valence-electron chi connectivity index (χ2n) is 4.45. The van der Waals surface area contributed by atoms with Gasteiger partial charge in [0, 0.05) is 11.8 Å². The van der Waals surface area contributed by atoms with Crippen LogP contribution in [0.4, 0.5) is 13.2 Å². The van der Waals surface area contributed by atoms with E-state index in [1.807, 2.05) is 13.8 Å². The zero-order valence-electron chi connectivity index (χ0n) is 11.2. The van der Waals surface area contributed by atoms with Gasteiger partial charge in [0.05, 0.1) is 11.3 Å². The summed E-state index contributed by atoms with van der Waals surface area (Å²) in [5.41, 5.74) is 1.98. The van der Waals surface area contributed by atoms with Crippen LogP contribution in [0.25, 0.3) is 0 Å². The second-order valence-corrected chi connectivity index (χ2v) is 4.45. The number of hydrogen-bond donors (Lipinski definition) is 0. The summed E-state index contributed by atoms with van der Waals surface area (Å²) in [6.07, 6.45) is -1.29. The average Bonchev–Trinajstić information content (AvgIpc) is 2.27. The molecule has 4 heteroatoms. The molecule has 0 aromatic heterocycles. The molecule has 0 bridgehead atoms. The van der Waals surface area contributed by atoms with E-state index in [-0.39, 0.29) is 0 Å². The molecule has 0 radical (unpaired) electrons. The molecule has 1 rings (SSSR count). The van der Waals surface area contributed by atoms with Crippen LogP contribution in [0.2, 0.25) is 0 Å². The van der Waals surface area contributed by atoms with Gasteiger partial charge in [0.15, 0.2) is 0 Å². The van der Waals surface area contributed by atoms with Crippen LogP contribution in [0, 0.1) is 6.92 Å². The van der Waals surface area contributed by atoms with Crippen molar-refractivity contribution in [3.63, 3.8) is 0 Å². The highest BCUT2D eigenvalue weighted by Gasteiger charge is 2.31. The SMILES string of the molecule is C=CN=C(C=C(C)C)c1cc(C(F)(F)F)ccc1C. The molecule has 0 aliphatic carbocycles. The lowest BCUT2D eigenvalue weighted by Gasteiger charge is -2.11. The molecule has 19 heavy (non-hydrogen) atoms. The third kappa shape index (κ3) is 4.09. The van der Waals surface area contributed by atoms with Gasteiger partial charge in [0.2, 0.25) is 0 Å². The van der Waals surface area contributed by atoms with Gasteiger partial charge >= 0.3 is 6.18 Å². The van der Waals surface area contributed by atoms with E-state index in [2.05, 4.69) is 11.6 Å². The van der Waals surface area contributed by atoms with Gasteiger partial charge in [-0.2, -0.15) is 13.2 Å². The molecule has 0 amide bonds. The van der Waals surface area contributed by atoms with Crippen molar-refractivity contribution in [1.82, 2.24) is 0 Å². The molecule has 102 valence electrons. The summed E-state index contributed by atoms with van der Waals surface area (Å²) in [6.45, 7) is 8.98. The van der Waals surface area contributed by atoms with E-state index in [1.54, 1.807) is 13.0 Å². The van der Waals surface area contributed by atoms with Crippen LogP contribution in [0.5, 0.6) is 0 Å². The quantitative estimate of drug-likeness (QED) is 0.690. The first-order chi connectivity index (χ1) is 8.75. The number of aliphatic imine (C=N–C) groups is 1. The number of benzene rings is 1. The molecule has 0 fully saturated rings. The van der Waals surface area contributed by atoms with Crippen molar-refractivity contribution < 1.29 is 13.2 Å². The van der Waals surface area contributed by atoms with Gasteiger partial charge in [0.25, 0.3) is 0 Å². The minimum absolute atomic E-state index is 0.468. The standard InChI is InChI=1S/C15H16F3N/c1-5-19-14(8-10(2)3)13-9-12(15(16,17)18)7-6-11(13)4/h5-9H,1H2,2-4H3. The fraction of sp³-hybridized carbons (Fsp3) is 0.267. The molecule has 0 spiro atoms. The van der Waals surface area contributed by atoms with Crippen molar-refractivity contribution in [3.8, 4) is 0 Å². The number of alkyl halides is 3. The minimum Gasteiger partial charge on any atom is -0.257 e. The molecule has 0 aliphatic heterocycles. The maximum absolute atomic E-state index is 12.7. The molecule has 0 saturated heterocycles. The second kappa shape index (κ2) is 5.87. The Kier molecular flexibility index (Phi) is 4.70. The lowest BCUT2D eigenvalue weighted by Crippen LogP contribution is -2.08.